The van der Waals surface area contributed by atoms with Crippen molar-refractivity contribution in [3.63, 3.8) is 0 Å². The molecule has 9 heteroatoms. The quantitative estimate of drug-likeness (QED) is 0.392. The van der Waals surface area contributed by atoms with Crippen LogP contribution in [0.1, 0.15) is 55.2 Å². The number of nitrogens with zero attached hydrogens (tertiary/aromatic N) is 3. The van der Waals surface area contributed by atoms with Gasteiger partial charge in [0.1, 0.15) is 5.75 Å². The third kappa shape index (κ3) is 7.58. The first-order valence-corrected chi connectivity index (χ1v) is 12.6. The number of thioether (sulfide) groups is 1. The minimum Gasteiger partial charge on any atom is -0.483 e. The van der Waals surface area contributed by atoms with Crippen LogP contribution in [0.15, 0.2) is 53.7 Å². The van der Waals surface area contributed by atoms with Gasteiger partial charge in [-0.05, 0) is 42.5 Å². The zero-order chi connectivity index (χ0) is 25.4. The number of hydrogen-bond acceptors (Lipinski definition) is 6. The largest absolute Gasteiger partial charge is 0.483 e. The van der Waals surface area contributed by atoms with Gasteiger partial charge in [0.25, 0.3) is 5.91 Å². The van der Waals surface area contributed by atoms with Crippen molar-refractivity contribution in [1.82, 2.24) is 25.4 Å². The summed E-state index contributed by atoms with van der Waals surface area (Å²) in [5.74, 6) is 1.51. The summed E-state index contributed by atoms with van der Waals surface area (Å²) in [6, 6.07) is 15.8. The molecule has 35 heavy (non-hydrogen) atoms. The molecule has 0 saturated carbocycles. The van der Waals surface area contributed by atoms with Gasteiger partial charge in [0.15, 0.2) is 17.6 Å². The first kappa shape index (κ1) is 26.3. The molecule has 0 bridgehead atoms. The normalized spacial score (nSPS) is 11.8. The second kappa shape index (κ2) is 12.4. The minimum absolute atomic E-state index is 0.0757. The van der Waals surface area contributed by atoms with Gasteiger partial charge in [-0.15, -0.1) is 10.2 Å². The van der Waals surface area contributed by atoms with Crippen LogP contribution < -0.4 is 15.4 Å². The van der Waals surface area contributed by atoms with Crippen LogP contribution >= 0.6 is 11.8 Å². The molecule has 2 N–H and O–H groups in total. The summed E-state index contributed by atoms with van der Waals surface area (Å²) in [5, 5.41) is 14.7. The van der Waals surface area contributed by atoms with Crippen LogP contribution in [0.3, 0.4) is 0 Å². The Bertz CT molecular complexity index is 1150. The Kier molecular flexibility index (Phi) is 9.31. The number of carbonyl (C=O) groups is 2. The number of nitrogens with one attached hydrogen (secondary N) is 2. The first-order valence-electron chi connectivity index (χ1n) is 11.6. The molecular weight excluding hydrogens is 462 g/mol. The molecule has 1 heterocycles. The smallest absolute Gasteiger partial charge is 0.258 e. The molecule has 2 aromatic carbocycles. The molecule has 3 rings (SSSR count). The Labute approximate surface area is 210 Å². The van der Waals surface area contributed by atoms with E-state index in [0.29, 0.717) is 16.9 Å². The van der Waals surface area contributed by atoms with E-state index in [0.717, 1.165) is 22.4 Å². The van der Waals surface area contributed by atoms with Gasteiger partial charge in [0.2, 0.25) is 5.91 Å². The van der Waals surface area contributed by atoms with E-state index in [1.165, 1.54) is 11.8 Å². The number of ether oxygens (including phenoxy) is 1. The van der Waals surface area contributed by atoms with Gasteiger partial charge in [0, 0.05) is 7.05 Å². The maximum atomic E-state index is 12.4. The predicted molar refractivity (Wildman–Crippen MR) is 137 cm³/mol. The monoisotopic (exact) mass is 495 g/mol. The summed E-state index contributed by atoms with van der Waals surface area (Å²) >= 11 is 1.30. The lowest BCUT2D eigenvalue weighted by atomic mass is 10.0. The molecule has 0 aliphatic rings. The Morgan fingerprint density at radius 2 is 1.80 bits per heavy atom. The van der Waals surface area contributed by atoms with Crippen LogP contribution in [0.4, 0.5) is 0 Å². The molecular formula is C26H33N5O3S. The van der Waals surface area contributed by atoms with Crippen molar-refractivity contribution in [1.29, 1.82) is 0 Å². The van der Waals surface area contributed by atoms with Crippen LogP contribution in [0.5, 0.6) is 5.75 Å². The van der Waals surface area contributed by atoms with E-state index in [1.54, 1.807) is 4.57 Å². The minimum atomic E-state index is -0.243. The average molecular weight is 496 g/mol. The molecule has 2 amide bonds. The fraction of sp³-hybridized carbons (Fsp3) is 0.385. The number of carbonyl (C=O) groups excluding carboxylic acids is 2. The molecule has 0 saturated heterocycles. The van der Waals surface area contributed by atoms with Crippen molar-refractivity contribution < 1.29 is 14.3 Å². The highest BCUT2D eigenvalue weighted by molar-refractivity contribution is 7.99. The number of rotatable bonds is 11. The summed E-state index contributed by atoms with van der Waals surface area (Å²) < 4.78 is 7.56. The fourth-order valence-electron chi connectivity index (χ4n) is 3.48. The van der Waals surface area contributed by atoms with Crippen LogP contribution in [0.25, 0.3) is 0 Å². The zero-order valence-electron chi connectivity index (χ0n) is 20.9. The number of amides is 2. The zero-order valence-corrected chi connectivity index (χ0v) is 21.7. The van der Waals surface area contributed by atoms with Gasteiger partial charge < -0.3 is 19.9 Å². The van der Waals surface area contributed by atoms with E-state index in [-0.39, 0.29) is 36.8 Å². The Balaban J connectivity index is 1.46. The second-order valence-corrected chi connectivity index (χ2v) is 9.65. The van der Waals surface area contributed by atoms with E-state index >= 15 is 0 Å². The van der Waals surface area contributed by atoms with E-state index in [9.17, 15) is 9.59 Å². The lowest BCUT2D eigenvalue weighted by molar-refractivity contribution is -0.123. The molecule has 3 aromatic rings. The number of aromatic nitrogens is 3. The van der Waals surface area contributed by atoms with E-state index in [1.807, 2.05) is 69.4 Å². The molecule has 0 fully saturated rings. The number of hydrogen-bond donors (Lipinski definition) is 2. The van der Waals surface area contributed by atoms with E-state index in [4.69, 9.17) is 4.74 Å². The fourth-order valence-corrected chi connectivity index (χ4v) is 4.22. The topological polar surface area (TPSA) is 98.1 Å². The van der Waals surface area contributed by atoms with Gasteiger partial charge in [-0.3, -0.25) is 9.59 Å². The highest BCUT2D eigenvalue weighted by Crippen LogP contribution is 2.27. The maximum Gasteiger partial charge on any atom is 0.258 e. The lowest BCUT2D eigenvalue weighted by Gasteiger charge is -2.15. The standard InChI is InChI=1S/C26H33N5O3S/c1-17(2)21-12-11-18(3)13-22(21)34-15-24(32)27-14-23-29-30-26(31(23)5)35-16-25(33)28-19(4)20-9-7-6-8-10-20/h6-13,17,19H,14-16H2,1-5H3,(H,27,32)(H,28,33)/t19-/m1/s1. The van der Waals surface area contributed by atoms with Gasteiger partial charge in [-0.2, -0.15) is 0 Å². The number of aryl methyl sites for hydroxylation is 1. The Hall–Kier alpha value is -3.33. The SMILES string of the molecule is Cc1ccc(C(C)C)c(OCC(=O)NCc2nnc(SCC(=O)N[C@H](C)c3ccccc3)n2C)c1. The molecule has 186 valence electrons. The van der Waals surface area contributed by atoms with Gasteiger partial charge >= 0.3 is 0 Å². The molecule has 0 aliphatic heterocycles. The summed E-state index contributed by atoms with van der Waals surface area (Å²) in [6.45, 7) is 8.27. The molecule has 1 atom stereocenters. The summed E-state index contributed by atoms with van der Waals surface area (Å²) in [4.78, 5) is 24.7. The van der Waals surface area contributed by atoms with Gasteiger partial charge in [-0.25, -0.2) is 0 Å². The van der Waals surface area contributed by atoms with Crippen molar-refractivity contribution in [3.05, 3.63) is 71.0 Å². The van der Waals surface area contributed by atoms with E-state index < -0.39 is 0 Å². The second-order valence-electron chi connectivity index (χ2n) is 8.71. The van der Waals surface area contributed by atoms with Crippen LogP contribution in [-0.4, -0.2) is 38.9 Å². The first-order chi connectivity index (χ1) is 16.7. The Morgan fingerprint density at radius 1 is 1.06 bits per heavy atom. The predicted octanol–water partition coefficient (Wildman–Crippen LogP) is 3.91. The van der Waals surface area contributed by atoms with E-state index in [2.05, 4.69) is 34.7 Å². The van der Waals surface area contributed by atoms with Crippen molar-refractivity contribution in [2.75, 3.05) is 12.4 Å². The van der Waals surface area contributed by atoms with Gasteiger partial charge in [-0.1, -0.05) is 68.1 Å². The van der Waals surface area contributed by atoms with Crippen LogP contribution in [-0.2, 0) is 23.2 Å². The van der Waals surface area contributed by atoms with Crippen molar-refractivity contribution >= 4 is 23.6 Å². The molecule has 0 radical (unpaired) electrons. The van der Waals surface area contributed by atoms with Crippen molar-refractivity contribution in [2.45, 2.75) is 51.4 Å². The molecule has 8 nitrogen and oxygen atoms in total. The molecule has 0 spiro atoms. The summed E-state index contributed by atoms with van der Waals surface area (Å²) in [6.07, 6.45) is 0. The number of benzene rings is 2. The lowest BCUT2D eigenvalue weighted by Crippen LogP contribution is -2.29. The average Bonchev–Trinajstić information content (AvgIpc) is 3.19. The van der Waals surface area contributed by atoms with Crippen molar-refractivity contribution in [3.8, 4) is 5.75 Å². The van der Waals surface area contributed by atoms with Crippen molar-refractivity contribution in [2.24, 2.45) is 7.05 Å². The third-order valence-corrected chi connectivity index (χ3v) is 6.55. The highest BCUT2D eigenvalue weighted by Gasteiger charge is 2.15. The molecule has 0 unspecified atom stereocenters. The summed E-state index contributed by atoms with van der Waals surface area (Å²) in [7, 11) is 1.81. The van der Waals surface area contributed by atoms with Gasteiger partial charge in [0.05, 0.1) is 18.3 Å². The third-order valence-electron chi connectivity index (χ3n) is 5.53. The summed E-state index contributed by atoms with van der Waals surface area (Å²) in [5.41, 5.74) is 3.20. The van der Waals surface area contributed by atoms with Crippen LogP contribution in [0.2, 0.25) is 0 Å². The Morgan fingerprint density at radius 3 is 2.51 bits per heavy atom. The molecule has 0 aliphatic carbocycles. The highest BCUT2D eigenvalue weighted by atomic mass is 32.2. The molecule has 1 aromatic heterocycles. The maximum absolute atomic E-state index is 12.4. The van der Waals surface area contributed by atoms with Crippen LogP contribution in [0, 0.1) is 6.92 Å².